The highest BCUT2D eigenvalue weighted by Gasteiger charge is 2.17. The molecule has 0 rings (SSSR count). The summed E-state index contributed by atoms with van der Waals surface area (Å²) in [7, 11) is 0. The van der Waals surface area contributed by atoms with E-state index in [1.54, 1.807) is 11.8 Å². The van der Waals surface area contributed by atoms with E-state index >= 15 is 0 Å². The van der Waals surface area contributed by atoms with Gasteiger partial charge in [0.25, 0.3) is 0 Å². The molecular formula is C12H22O2S. The quantitative estimate of drug-likeness (QED) is 0.674. The lowest BCUT2D eigenvalue weighted by Crippen LogP contribution is -2.18. The van der Waals surface area contributed by atoms with Gasteiger partial charge in [-0.25, -0.2) is 0 Å². The number of hydrogen-bond acceptors (Lipinski definition) is 3. The fourth-order valence-corrected chi connectivity index (χ4v) is 2.31. The summed E-state index contributed by atoms with van der Waals surface area (Å²) in [5, 5.41) is 0.481. The van der Waals surface area contributed by atoms with E-state index in [4.69, 9.17) is 0 Å². The summed E-state index contributed by atoms with van der Waals surface area (Å²) in [6, 6.07) is 0. The van der Waals surface area contributed by atoms with Gasteiger partial charge in [0.1, 0.15) is 11.6 Å². The molecule has 3 heteroatoms. The summed E-state index contributed by atoms with van der Waals surface area (Å²) >= 11 is 1.66. The van der Waals surface area contributed by atoms with Gasteiger partial charge in [0, 0.05) is 18.8 Å². The molecule has 0 aromatic carbocycles. The van der Waals surface area contributed by atoms with Crippen LogP contribution in [0.25, 0.3) is 0 Å². The van der Waals surface area contributed by atoms with E-state index in [2.05, 4.69) is 13.8 Å². The van der Waals surface area contributed by atoms with Crippen LogP contribution in [0.5, 0.6) is 0 Å². The fourth-order valence-electron chi connectivity index (χ4n) is 1.22. The Kier molecular flexibility index (Phi) is 6.90. The second-order valence-electron chi connectivity index (χ2n) is 4.41. The average Bonchev–Trinajstić information content (AvgIpc) is 2.12. The number of thioether (sulfide) groups is 1. The molecule has 0 amide bonds. The third-order valence-corrected chi connectivity index (χ3v) is 3.41. The highest BCUT2D eigenvalue weighted by Crippen LogP contribution is 2.19. The number of rotatable bonds is 7. The highest BCUT2D eigenvalue weighted by atomic mass is 32.2. The van der Waals surface area contributed by atoms with Crippen molar-refractivity contribution in [3.63, 3.8) is 0 Å². The molecule has 88 valence electrons. The minimum atomic E-state index is 0.0185. The van der Waals surface area contributed by atoms with Gasteiger partial charge in [0.15, 0.2) is 0 Å². The van der Waals surface area contributed by atoms with Gasteiger partial charge in [0.2, 0.25) is 0 Å². The Morgan fingerprint density at radius 2 is 1.40 bits per heavy atom. The van der Waals surface area contributed by atoms with Crippen molar-refractivity contribution >= 4 is 23.3 Å². The van der Waals surface area contributed by atoms with E-state index in [-0.39, 0.29) is 22.7 Å². The zero-order chi connectivity index (χ0) is 12.0. The molecule has 0 aromatic heterocycles. The average molecular weight is 230 g/mol. The van der Waals surface area contributed by atoms with E-state index < -0.39 is 0 Å². The van der Waals surface area contributed by atoms with Crippen molar-refractivity contribution in [3.8, 4) is 0 Å². The van der Waals surface area contributed by atoms with Crippen LogP contribution in [-0.2, 0) is 9.59 Å². The summed E-state index contributed by atoms with van der Waals surface area (Å²) in [5.74, 6) is 0.429. The van der Waals surface area contributed by atoms with Crippen molar-refractivity contribution in [2.75, 3.05) is 0 Å². The number of carbonyl (C=O) groups is 2. The van der Waals surface area contributed by atoms with Crippen LogP contribution in [0.1, 0.15) is 47.5 Å². The molecular weight excluding hydrogens is 208 g/mol. The van der Waals surface area contributed by atoms with E-state index in [0.29, 0.717) is 18.1 Å². The van der Waals surface area contributed by atoms with Crippen LogP contribution >= 0.6 is 11.8 Å². The zero-order valence-corrected chi connectivity index (χ0v) is 11.2. The van der Waals surface area contributed by atoms with Crippen LogP contribution in [0.15, 0.2) is 0 Å². The van der Waals surface area contributed by atoms with Gasteiger partial charge < -0.3 is 0 Å². The van der Waals surface area contributed by atoms with Crippen molar-refractivity contribution in [2.45, 2.75) is 58.0 Å². The van der Waals surface area contributed by atoms with Crippen LogP contribution in [0, 0.1) is 5.92 Å². The Morgan fingerprint density at radius 1 is 0.933 bits per heavy atom. The molecule has 0 heterocycles. The number of Topliss-reactive ketones (excluding diaryl/α,β-unsaturated/α-hetero) is 2. The maximum Gasteiger partial charge on any atom is 0.145 e. The van der Waals surface area contributed by atoms with Crippen molar-refractivity contribution in [3.05, 3.63) is 0 Å². The van der Waals surface area contributed by atoms with E-state index in [1.165, 1.54) is 0 Å². The van der Waals surface area contributed by atoms with Gasteiger partial charge in [-0.05, 0) is 12.2 Å². The highest BCUT2D eigenvalue weighted by molar-refractivity contribution is 8.01. The molecule has 0 saturated heterocycles. The van der Waals surface area contributed by atoms with Crippen molar-refractivity contribution in [1.82, 2.24) is 0 Å². The van der Waals surface area contributed by atoms with Gasteiger partial charge in [-0.15, -0.1) is 11.8 Å². The van der Waals surface area contributed by atoms with Gasteiger partial charge >= 0.3 is 0 Å². The van der Waals surface area contributed by atoms with Crippen molar-refractivity contribution < 1.29 is 9.59 Å². The Labute approximate surface area is 97.2 Å². The number of hydrogen-bond donors (Lipinski definition) is 0. The maximum absolute atomic E-state index is 11.6. The topological polar surface area (TPSA) is 34.1 Å². The molecule has 0 radical (unpaired) electrons. The molecule has 15 heavy (non-hydrogen) atoms. The zero-order valence-electron chi connectivity index (χ0n) is 10.4. The molecule has 0 aliphatic heterocycles. The molecule has 0 fully saturated rings. The third-order valence-electron chi connectivity index (χ3n) is 2.19. The van der Waals surface area contributed by atoms with Crippen LogP contribution in [-0.4, -0.2) is 22.1 Å². The SMILES string of the molecule is CC(C)SC(C)C(=O)CCC(=O)C(C)C. The summed E-state index contributed by atoms with van der Waals surface area (Å²) in [4.78, 5) is 23.0. The second kappa shape index (κ2) is 7.04. The molecule has 0 saturated carbocycles. The Hall–Kier alpha value is -0.310. The first kappa shape index (κ1) is 14.7. The lowest BCUT2D eigenvalue weighted by atomic mass is 10.0. The summed E-state index contributed by atoms with van der Waals surface area (Å²) in [5.41, 5.74) is 0. The maximum atomic E-state index is 11.6. The summed E-state index contributed by atoms with van der Waals surface area (Å²) in [6.07, 6.45) is 0.803. The Bertz CT molecular complexity index is 222. The first-order chi connectivity index (χ1) is 6.84. The van der Waals surface area contributed by atoms with Crippen LogP contribution in [0.2, 0.25) is 0 Å². The lowest BCUT2D eigenvalue weighted by molar-refractivity contribution is -0.125. The van der Waals surface area contributed by atoms with Gasteiger partial charge in [0.05, 0.1) is 5.25 Å². The van der Waals surface area contributed by atoms with E-state index in [1.807, 2.05) is 20.8 Å². The predicted molar refractivity (Wildman–Crippen MR) is 66.3 cm³/mol. The molecule has 1 atom stereocenters. The van der Waals surface area contributed by atoms with Crippen molar-refractivity contribution in [1.29, 1.82) is 0 Å². The summed E-state index contributed by atoms with van der Waals surface area (Å²) < 4.78 is 0. The molecule has 0 aliphatic rings. The number of ketones is 2. The van der Waals surface area contributed by atoms with Gasteiger partial charge in [-0.1, -0.05) is 27.7 Å². The molecule has 0 bridgehead atoms. The largest absolute Gasteiger partial charge is 0.299 e. The van der Waals surface area contributed by atoms with Crippen molar-refractivity contribution in [2.24, 2.45) is 5.92 Å². The molecule has 0 aromatic rings. The Balaban J connectivity index is 3.88. The normalized spacial score (nSPS) is 13.3. The fraction of sp³-hybridized carbons (Fsp3) is 0.833. The first-order valence-electron chi connectivity index (χ1n) is 5.55. The minimum absolute atomic E-state index is 0.0185. The monoisotopic (exact) mass is 230 g/mol. The lowest BCUT2D eigenvalue weighted by Gasteiger charge is -2.12. The predicted octanol–water partition coefficient (Wildman–Crippen LogP) is 3.09. The van der Waals surface area contributed by atoms with Crippen LogP contribution < -0.4 is 0 Å². The standard InChI is InChI=1S/C12H22O2S/c1-8(2)11(13)6-7-12(14)10(5)15-9(3)4/h8-10H,6-7H2,1-5H3. The molecule has 1 unspecified atom stereocenters. The van der Waals surface area contributed by atoms with E-state index in [0.717, 1.165) is 0 Å². The van der Waals surface area contributed by atoms with Crippen LogP contribution in [0.3, 0.4) is 0 Å². The molecule has 0 N–H and O–H groups in total. The first-order valence-corrected chi connectivity index (χ1v) is 6.49. The molecule has 0 aliphatic carbocycles. The second-order valence-corrected chi connectivity index (χ2v) is 6.34. The van der Waals surface area contributed by atoms with E-state index in [9.17, 15) is 9.59 Å². The van der Waals surface area contributed by atoms with Crippen LogP contribution in [0.4, 0.5) is 0 Å². The third kappa shape index (κ3) is 6.72. The molecule has 2 nitrogen and oxygen atoms in total. The molecule has 0 spiro atoms. The smallest absolute Gasteiger partial charge is 0.145 e. The Morgan fingerprint density at radius 3 is 1.80 bits per heavy atom. The minimum Gasteiger partial charge on any atom is -0.299 e. The number of carbonyl (C=O) groups excluding carboxylic acids is 2. The van der Waals surface area contributed by atoms with Gasteiger partial charge in [-0.3, -0.25) is 9.59 Å². The summed E-state index contributed by atoms with van der Waals surface area (Å²) in [6.45, 7) is 9.83. The van der Waals surface area contributed by atoms with Gasteiger partial charge in [-0.2, -0.15) is 0 Å².